The maximum Gasteiger partial charge on any atom is 0.337 e. The number of methoxy groups -OCH3 is 1. The van der Waals surface area contributed by atoms with E-state index in [-0.39, 0.29) is 41.8 Å². The molecule has 216 valence electrons. The van der Waals surface area contributed by atoms with Gasteiger partial charge >= 0.3 is 5.97 Å². The molecule has 1 aliphatic heterocycles. The first-order valence-electron chi connectivity index (χ1n) is 13.0. The fourth-order valence-corrected chi connectivity index (χ4v) is 6.20. The molecular formula is C30H23BrF3N3O4S. The van der Waals surface area contributed by atoms with Gasteiger partial charge in [-0.25, -0.2) is 27.9 Å². The van der Waals surface area contributed by atoms with E-state index in [2.05, 4.69) is 25.9 Å². The van der Waals surface area contributed by atoms with Gasteiger partial charge in [0, 0.05) is 24.7 Å². The lowest BCUT2D eigenvalue weighted by atomic mass is 10.0. The number of hydrogen-bond donors (Lipinski definition) is 0. The molecule has 4 heterocycles. The summed E-state index contributed by atoms with van der Waals surface area (Å²) in [6, 6.07) is 13.3. The van der Waals surface area contributed by atoms with Gasteiger partial charge in [-0.3, -0.25) is 0 Å². The Morgan fingerprint density at radius 1 is 1.10 bits per heavy atom. The lowest BCUT2D eigenvalue weighted by Gasteiger charge is -2.27. The number of fused-ring (bicyclic) bond motifs is 1. The molecule has 42 heavy (non-hydrogen) atoms. The largest absolute Gasteiger partial charge is 0.472 e. The molecule has 0 amide bonds. The van der Waals surface area contributed by atoms with Crippen molar-refractivity contribution >= 4 is 44.3 Å². The normalized spacial score (nSPS) is 14.6. The maximum atomic E-state index is 15.5. The molecule has 0 bridgehead atoms. The van der Waals surface area contributed by atoms with Gasteiger partial charge in [0.05, 0.1) is 50.7 Å². The molecule has 6 rings (SSSR count). The summed E-state index contributed by atoms with van der Waals surface area (Å²) in [7, 11) is 1.31. The number of pyridine rings is 1. The molecule has 7 nitrogen and oxygen atoms in total. The number of benzene rings is 2. The number of nitrogens with zero attached hydrogens (tertiary/aromatic N) is 3. The minimum absolute atomic E-state index is 0.0104. The van der Waals surface area contributed by atoms with E-state index in [9.17, 15) is 9.18 Å². The molecule has 2 aromatic carbocycles. The number of ether oxygens (including phenoxy) is 3. The number of thiophene rings is 1. The van der Waals surface area contributed by atoms with E-state index in [1.54, 1.807) is 36.4 Å². The highest BCUT2D eigenvalue weighted by Gasteiger charge is 2.24. The molecule has 0 saturated carbocycles. The van der Waals surface area contributed by atoms with Gasteiger partial charge in [0.15, 0.2) is 0 Å². The zero-order chi connectivity index (χ0) is 29.4. The van der Waals surface area contributed by atoms with Crippen molar-refractivity contribution in [3.63, 3.8) is 0 Å². The summed E-state index contributed by atoms with van der Waals surface area (Å²) in [5.74, 6) is -1.51. The second-order valence-corrected chi connectivity index (χ2v) is 12.2. The number of imidazole rings is 1. The predicted octanol–water partition coefficient (Wildman–Crippen LogP) is 7.08. The Labute approximate surface area is 251 Å². The molecule has 1 atom stereocenters. The molecule has 1 fully saturated rings. The molecule has 0 radical (unpaired) electrons. The molecule has 12 heteroatoms. The third kappa shape index (κ3) is 5.79. The zero-order valence-electron chi connectivity index (χ0n) is 22.2. The van der Waals surface area contributed by atoms with Gasteiger partial charge in [0.25, 0.3) is 0 Å². The number of halogens is 4. The molecule has 0 aliphatic carbocycles. The average molecular weight is 658 g/mol. The van der Waals surface area contributed by atoms with Gasteiger partial charge in [-0.2, -0.15) is 0 Å². The van der Waals surface area contributed by atoms with E-state index in [1.807, 2.05) is 4.57 Å². The van der Waals surface area contributed by atoms with Crippen molar-refractivity contribution < 1.29 is 32.2 Å². The summed E-state index contributed by atoms with van der Waals surface area (Å²) in [6.07, 6.45) is 0.838. The van der Waals surface area contributed by atoms with E-state index in [0.717, 1.165) is 18.6 Å². The summed E-state index contributed by atoms with van der Waals surface area (Å²) in [5.41, 5.74) is 1.91. The third-order valence-electron chi connectivity index (χ3n) is 6.99. The molecule has 0 spiro atoms. The third-order valence-corrected chi connectivity index (χ3v) is 8.58. The number of aromatic nitrogens is 3. The Morgan fingerprint density at radius 2 is 1.93 bits per heavy atom. The minimum Gasteiger partial charge on any atom is -0.472 e. The van der Waals surface area contributed by atoms with Crippen LogP contribution in [-0.2, 0) is 29.0 Å². The molecule has 1 unspecified atom stereocenters. The molecular weight excluding hydrogens is 635 g/mol. The van der Waals surface area contributed by atoms with E-state index < -0.39 is 23.4 Å². The van der Waals surface area contributed by atoms with E-state index in [4.69, 9.17) is 14.2 Å². The van der Waals surface area contributed by atoms with Crippen molar-refractivity contribution in [1.82, 2.24) is 14.5 Å². The first-order valence-corrected chi connectivity index (χ1v) is 14.6. The topological polar surface area (TPSA) is 75.5 Å². The molecule has 1 aliphatic rings. The molecule has 0 N–H and O–H groups in total. The van der Waals surface area contributed by atoms with Gasteiger partial charge in [0.1, 0.15) is 29.9 Å². The van der Waals surface area contributed by atoms with Gasteiger partial charge in [-0.05, 0) is 70.4 Å². The van der Waals surface area contributed by atoms with Gasteiger partial charge in [0.2, 0.25) is 5.88 Å². The average Bonchev–Trinajstić information content (AvgIpc) is 3.47. The van der Waals surface area contributed by atoms with Gasteiger partial charge < -0.3 is 18.8 Å². The van der Waals surface area contributed by atoms with Crippen LogP contribution >= 0.6 is 27.3 Å². The Kier molecular flexibility index (Phi) is 8.02. The smallest absolute Gasteiger partial charge is 0.337 e. The standard InChI is InChI=1S/C30H23BrF3N3O4S/c1-39-30(38)16-5-6-24-25(10-16)37(14-18-7-8-40-18)28(35-24)11-17-9-21(33)19(12-20(17)32)23-3-2-4-29(36-23)41-15-26-22(34)13-27(31)42-26/h2-6,9-10,12-13,18H,7-8,11,14-15H2,1H3. The summed E-state index contributed by atoms with van der Waals surface area (Å²) in [4.78, 5) is 21.5. The fraction of sp³-hybridized carbons (Fsp3) is 0.233. The Balaban J connectivity index is 1.28. The minimum atomic E-state index is -0.665. The Morgan fingerprint density at radius 3 is 2.64 bits per heavy atom. The van der Waals surface area contributed by atoms with Crippen molar-refractivity contribution in [2.75, 3.05) is 13.7 Å². The number of esters is 1. The van der Waals surface area contributed by atoms with E-state index in [0.29, 0.717) is 44.2 Å². The van der Waals surface area contributed by atoms with Crippen LogP contribution in [0.15, 0.2) is 58.4 Å². The number of hydrogen-bond acceptors (Lipinski definition) is 7. The zero-order valence-corrected chi connectivity index (χ0v) is 24.6. The Bertz CT molecular complexity index is 1800. The second kappa shape index (κ2) is 11.9. The van der Waals surface area contributed by atoms with Crippen LogP contribution in [0.3, 0.4) is 0 Å². The van der Waals surface area contributed by atoms with Crippen LogP contribution in [0.5, 0.6) is 5.88 Å². The van der Waals surface area contributed by atoms with Crippen LogP contribution in [-0.4, -0.2) is 40.3 Å². The van der Waals surface area contributed by atoms with Crippen LogP contribution < -0.4 is 4.74 Å². The lowest BCUT2D eigenvalue weighted by molar-refractivity contribution is -0.0589. The van der Waals surface area contributed by atoms with Crippen LogP contribution in [0.2, 0.25) is 0 Å². The predicted molar refractivity (Wildman–Crippen MR) is 154 cm³/mol. The summed E-state index contributed by atoms with van der Waals surface area (Å²) in [6.45, 7) is 1.06. The second-order valence-electron chi connectivity index (χ2n) is 9.69. The number of rotatable bonds is 9. The summed E-state index contributed by atoms with van der Waals surface area (Å²) >= 11 is 4.43. The number of carbonyl (C=O) groups is 1. The lowest BCUT2D eigenvalue weighted by Crippen LogP contribution is -2.31. The molecule has 5 aromatic rings. The SMILES string of the molecule is COC(=O)c1ccc2nc(Cc3cc(F)c(-c4cccc(OCc5sc(Br)cc5F)n4)cc3F)n(CC3CCO3)c2c1. The van der Waals surface area contributed by atoms with Gasteiger partial charge in [-0.1, -0.05) is 6.07 Å². The van der Waals surface area contributed by atoms with Gasteiger partial charge in [-0.15, -0.1) is 11.3 Å². The highest BCUT2D eigenvalue weighted by atomic mass is 79.9. The van der Waals surface area contributed by atoms with E-state index in [1.165, 1.54) is 24.5 Å². The van der Waals surface area contributed by atoms with Crippen molar-refractivity contribution in [1.29, 1.82) is 0 Å². The van der Waals surface area contributed by atoms with Crippen LogP contribution in [0.1, 0.15) is 33.0 Å². The van der Waals surface area contributed by atoms with Crippen molar-refractivity contribution in [3.8, 4) is 17.1 Å². The maximum absolute atomic E-state index is 15.5. The van der Waals surface area contributed by atoms with Crippen LogP contribution in [0.4, 0.5) is 13.2 Å². The molecule has 3 aromatic heterocycles. The monoisotopic (exact) mass is 657 g/mol. The van der Waals surface area contributed by atoms with Crippen LogP contribution in [0, 0.1) is 17.5 Å². The summed E-state index contributed by atoms with van der Waals surface area (Å²) < 4.78 is 63.4. The van der Waals surface area contributed by atoms with Crippen LogP contribution in [0.25, 0.3) is 22.3 Å². The molecule has 1 saturated heterocycles. The highest BCUT2D eigenvalue weighted by Crippen LogP contribution is 2.30. The Hall–Kier alpha value is -3.74. The van der Waals surface area contributed by atoms with Crippen molar-refractivity contribution in [2.45, 2.75) is 32.1 Å². The first kappa shape index (κ1) is 28.4. The number of carbonyl (C=O) groups excluding carboxylic acids is 1. The van der Waals surface area contributed by atoms with Crippen molar-refractivity contribution in [3.05, 3.63) is 97.7 Å². The van der Waals surface area contributed by atoms with Crippen molar-refractivity contribution in [2.24, 2.45) is 0 Å². The first-order chi connectivity index (χ1) is 20.3. The highest BCUT2D eigenvalue weighted by molar-refractivity contribution is 9.11. The summed E-state index contributed by atoms with van der Waals surface area (Å²) in [5, 5.41) is 0. The quantitative estimate of drug-likeness (QED) is 0.158. The fourth-order valence-electron chi connectivity index (χ4n) is 4.74. The van der Waals surface area contributed by atoms with E-state index >= 15 is 8.78 Å².